The molecule has 16 heavy (non-hydrogen) atoms. The molecule has 4 heteroatoms. The van der Waals surface area contributed by atoms with E-state index in [0.717, 1.165) is 0 Å². The standard InChI is InChI=1S/C12H14O4/c1-8(12(15)16-2)7-11(14)9-3-5-10(13)6-4-9/h3-6,8,13H,7H2,1-2H3. The van der Waals surface area contributed by atoms with Crippen LogP contribution in [-0.2, 0) is 9.53 Å². The fourth-order valence-corrected chi connectivity index (χ4v) is 1.33. The Morgan fingerprint density at radius 1 is 1.31 bits per heavy atom. The van der Waals surface area contributed by atoms with E-state index in [1.807, 2.05) is 0 Å². The Morgan fingerprint density at radius 2 is 1.88 bits per heavy atom. The van der Waals surface area contributed by atoms with Crippen LogP contribution < -0.4 is 0 Å². The van der Waals surface area contributed by atoms with Crippen molar-refractivity contribution in [2.24, 2.45) is 5.92 Å². The highest BCUT2D eigenvalue weighted by Gasteiger charge is 2.18. The average molecular weight is 222 g/mol. The molecule has 1 atom stereocenters. The topological polar surface area (TPSA) is 63.6 Å². The first-order valence-corrected chi connectivity index (χ1v) is 4.94. The summed E-state index contributed by atoms with van der Waals surface area (Å²) in [6.45, 7) is 1.64. The van der Waals surface area contributed by atoms with Gasteiger partial charge in [-0.3, -0.25) is 9.59 Å². The third-order valence-electron chi connectivity index (χ3n) is 2.28. The minimum absolute atomic E-state index is 0.109. The number of hydrogen-bond acceptors (Lipinski definition) is 4. The molecule has 4 nitrogen and oxygen atoms in total. The third-order valence-corrected chi connectivity index (χ3v) is 2.28. The highest BCUT2D eigenvalue weighted by molar-refractivity contribution is 5.98. The van der Waals surface area contributed by atoms with Gasteiger partial charge in [0.2, 0.25) is 0 Å². The van der Waals surface area contributed by atoms with Crippen LogP contribution in [0, 0.1) is 5.92 Å². The summed E-state index contributed by atoms with van der Waals surface area (Å²) in [6.07, 6.45) is 0.109. The van der Waals surface area contributed by atoms with Gasteiger partial charge in [0, 0.05) is 12.0 Å². The average Bonchev–Trinajstić information content (AvgIpc) is 2.28. The predicted molar refractivity (Wildman–Crippen MR) is 58.2 cm³/mol. The molecule has 1 rings (SSSR count). The van der Waals surface area contributed by atoms with E-state index in [1.165, 1.54) is 31.4 Å². The number of benzene rings is 1. The van der Waals surface area contributed by atoms with Crippen molar-refractivity contribution < 1.29 is 19.4 Å². The second-order valence-electron chi connectivity index (χ2n) is 3.60. The Balaban J connectivity index is 2.65. The van der Waals surface area contributed by atoms with E-state index in [1.54, 1.807) is 6.92 Å². The van der Waals surface area contributed by atoms with Crippen LogP contribution in [0.15, 0.2) is 24.3 Å². The number of hydrogen-bond donors (Lipinski definition) is 1. The summed E-state index contributed by atoms with van der Waals surface area (Å²) >= 11 is 0. The molecular formula is C12H14O4. The fourth-order valence-electron chi connectivity index (χ4n) is 1.33. The van der Waals surface area contributed by atoms with Gasteiger partial charge in [0.15, 0.2) is 5.78 Å². The van der Waals surface area contributed by atoms with Crippen LogP contribution in [0.2, 0.25) is 0 Å². The number of Topliss-reactive ketones (excluding diaryl/α,β-unsaturated/α-hetero) is 1. The maximum atomic E-state index is 11.7. The Bertz CT molecular complexity index is 381. The lowest BCUT2D eigenvalue weighted by Gasteiger charge is -2.07. The van der Waals surface area contributed by atoms with E-state index < -0.39 is 11.9 Å². The number of carbonyl (C=O) groups excluding carboxylic acids is 2. The number of phenolic OH excluding ortho intramolecular Hbond substituents is 1. The highest BCUT2D eigenvalue weighted by atomic mass is 16.5. The van der Waals surface area contributed by atoms with Crippen molar-refractivity contribution in [3.8, 4) is 5.75 Å². The first-order valence-electron chi connectivity index (χ1n) is 4.94. The summed E-state index contributed by atoms with van der Waals surface area (Å²) in [5.74, 6) is -0.881. The monoisotopic (exact) mass is 222 g/mol. The first-order chi connectivity index (χ1) is 7.54. The van der Waals surface area contributed by atoms with Crippen LogP contribution in [-0.4, -0.2) is 24.0 Å². The van der Waals surface area contributed by atoms with Gasteiger partial charge in [0.05, 0.1) is 13.0 Å². The van der Waals surface area contributed by atoms with Crippen LogP contribution >= 0.6 is 0 Å². The van der Waals surface area contributed by atoms with Crippen LogP contribution in [0.3, 0.4) is 0 Å². The molecule has 0 fully saturated rings. The quantitative estimate of drug-likeness (QED) is 0.623. The maximum absolute atomic E-state index is 11.7. The lowest BCUT2D eigenvalue weighted by molar-refractivity contribution is -0.144. The minimum Gasteiger partial charge on any atom is -0.508 e. The molecule has 1 aromatic carbocycles. The number of esters is 1. The highest BCUT2D eigenvalue weighted by Crippen LogP contribution is 2.14. The molecule has 0 heterocycles. The number of rotatable bonds is 4. The van der Waals surface area contributed by atoms with Crippen molar-refractivity contribution in [1.82, 2.24) is 0 Å². The number of ether oxygens (including phenoxy) is 1. The summed E-state index contributed by atoms with van der Waals surface area (Å²) < 4.78 is 4.54. The van der Waals surface area contributed by atoms with Crippen molar-refractivity contribution in [3.05, 3.63) is 29.8 Å². The van der Waals surface area contributed by atoms with Crippen LogP contribution in [0.25, 0.3) is 0 Å². The molecule has 0 aliphatic rings. The lowest BCUT2D eigenvalue weighted by atomic mass is 10.00. The Kier molecular flexibility index (Phi) is 4.05. The molecule has 1 unspecified atom stereocenters. The van der Waals surface area contributed by atoms with E-state index in [4.69, 9.17) is 5.11 Å². The summed E-state index contributed by atoms with van der Waals surface area (Å²) in [7, 11) is 1.30. The SMILES string of the molecule is COC(=O)C(C)CC(=O)c1ccc(O)cc1. The van der Waals surface area contributed by atoms with E-state index >= 15 is 0 Å². The maximum Gasteiger partial charge on any atom is 0.308 e. The van der Waals surface area contributed by atoms with Crippen molar-refractivity contribution in [2.75, 3.05) is 7.11 Å². The van der Waals surface area contributed by atoms with Gasteiger partial charge in [-0.05, 0) is 24.3 Å². The molecule has 0 spiro atoms. The molecule has 0 aromatic heterocycles. The van der Waals surface area contributed by atoms with Gasteiger partial charge in [0.1, 0.15) is 5.75 Å². The summed E-state index contributed by atoms with van der Waals surface area (Å²) in [5.41, 5.74) is 0.480. The molecular weight excluding hydrogens is 208 g/mol. The molecule has 86 valence electrons. The molecule has 0 aliphatic heterocycles. The van der Waals surface area contributed by atoms with E-state index in [2.05, 4.69) is 4.74 Å². The van der Waals surface area contributed by atoms with Gasteiger partial charge in [-0.2, -0.15) is 0 Å². The van der Waals surface area contributed by atoms with Gasteiger partial charge >= 0.3 is 5.97 Å². The van der Waals surface area contributed by atoms with Gasteiger partial charge in [0.25, 0.3) is 0 Å². The van der Waals surface area contributed by atoms with E-state index in [9.17, 15) is 9.59 Å². The van der Waals surface area contributed by atoms with Crippen LogP contribution in [0.1, 0.15) is 23.7 Å². The van der Waals surface area contributed by atoms with E-state index in [-0.39, 0.29) is 18.0 Å². The third kappa shape index (κ3) is 3.08. The Hall–Kier alpha value is -1.84. The molecule has 0 saturated heterocycles. The molecule has 0 radical (unpaired) electrons. The van der Waals surface area contributed by atoms with Crippen molar-refractivity contribution in [1.29, 1.82) is 0 Å². The Labute approximate surface area is 93.9 Å². The molecule has 1 aromatic rings. The number of ketones is 1. The van der Waals surface area contributed by atoms with Gasteiger partial charge in [-0.1, -0.05) is 6.92 Å². The second-order valence-corrected chi connectivity index (χ2v) is 3.60. The van der Waals surface area contributed by atoms with Crippen LogP contribution in [0.5, 0.6) is 5.75 Å². The number of methoxy groups -OCH3 is 1. The summed E-state index contributed by atoms with van der Waals surface area (Å²) in [4.78, 5) is 22.8. The number of phenols is 1. The smallest absolute Gasteiger partial charge is 0.308 e. The molecule has 0 bridgehead atoms. The van der Waals surface area contributed by atoms with Gasteiger partial charge in [-0.15, -0.1) is 0 Å². The predicted octanol–water partition coefficient (Wildman–Crippen LogP) is 1.77. The first kappa shape index (κ1) is 12.2. The summed E-state index contributed by atoms with van der Waals surface area (Å²) in [5, 5.41) is 9.06. The molecule has 1 N–H and O–H groups in total. The largest absolute Gasteiger partial charge is 0.508 e. The zero-order valence-corrected chi connectivity index (χ0v) is 9.27. The summed E-state index contributed by atoms with van der Waals surface area (Å²) in [6, 6.07) is 5.94. The Morgan fingerprint density at radius 3 is 2.38 bits per heavy atom. The fraction of sp³-hybridized carbons (Fsp3) is 0.333. The van der Waals surface area contributed by atoms with Crippen molar-refractivity contribution in [2.45, 2.75) is 13.3 Å². The number of aromatic hydroxyl groups is 1. The molecule has 0 saturated carbocycles. The van der Waals surface area contributed by atoms with Crippen molar-refractivity contribution >= 4 is 11.8 Å². The normalized spacial score (nSPS) is 11.9. The van der Waals surface area contributed by atoms with E-state index in [0.29, 0.717) is 5.56 Å². The molecule has 0 aliphatic carbocycles. The second kappa shape index (κ2) is 5.30. The van der Waals surface area contributed by atoms with Gasteiger partial charge in [-0.25, -0.2) is 0 Å². The molecule has 0 amide bonds. The lowest BCUT2D eigenvalue weighted by Crippen LogP contribution is -2.16. The number of carbonyl (C=O) groups is 2. The van der Waals surface area contributed by atoms with Gasteiger partial charge < -0.3 is 9.84 Å². The minimum atomic E-state index is -0.452. The van der Waals surface area contributed by atoms with Crippen LogP contribution in [0.4, 0.5) is 0 Å². The zero-order valence-electron chi connectivity index (χ0n) is 9.27. The van der Waals surface area contributed by atoms with Crippen molar-refractivity contribution in [3.63, 3.8) is 0 Å². The zero-order chi connectivity index (χ0) is 12.1.